The molecule has 0 amide bonds. The van der Waals surface area contributed by atoms with E-state index in [0.29, 0.717) is 60.2 Å². The zero-order valence-corrected chi connectivity index (χ0v) is 42.4. The maximum Gasteiger partial charge on any atom is 0.306 e. The Morgan fingerprint density at radius 2 is 0.956 bits per heavy atom. The van der Waals surface area contributed by atoms with Crippen LogP contribution >= 0.6 is 0 Å². The molecule has 2 aliphatic rings. The highest BCUT2D eigenvalue weighted by Gasteiger charge is 2.43. The molecule has 6 rings (SSSR count). The summed E-state index contributed by atoms with van der Waals surface area (Å²) in [6, 6.07) is 26.3. The fraction of sp³-hybridized carbons (Fsp3) is 0.480. The molecule has 2 atom stereocenters. The normalized spacial score (nSPS) is 19.2. The van der Waals surface area contributed by atoms with Crippen LogP contribution in [0.5, 0.6) is 11.5 Å². The SMILES string of the molecule is CCCC[C@@]1(CC)CN(c2ccccc2)c2cc(N(C)C)c(OCCC(=O)O)cc2S(=O)(=O)N1.CCCC[C@]1(CC)CN(c2ccccc2)c2cc(N(C)C)c(OCCC(=O)O)cc2S(=O)(=O)N1. The largest absolute Gasteiger partial charge is 0.491 e. The lowest BCUT2D eigenvalue weighted by Crippen LogP contribution is -2.52. The van der Waals surface area contributed by atoms with Gasteiger partial charge in [-0.1, -0.05) is 89.8 Å². The summed E-state index contributed by atoms with van der Waals surface area (Å²) < 4.78 is 72.5. The maximum absolute atomic E-state index is 13.7. The number of hydrogen-bond donors (Lipinski definition) is 4. The van der Waals surface area contributed by atoms with Gasteiger partial charge in [0.15, 0.2) is 0 Å². The van der Waals surface area contributed by atoms with Gasteiger partial charge in [0.25, 0.3) is 0 Å². The fourth-order valence-electron chi connectivity index (χ4n) is 8.57. The number of sulfonamides is 2. The third-order valence-corrected chi connectivity index (χ3v) is 15.7. The molecule has 0 radical (unpaired) electrons. The summed E-state index contributed by atoms with van der Waals surface area (Å²) in [4.78, 5) is 30.0. The number of benzene rings is 4. The van der Waals surface area contributed by atoms with E-state index in [2.05, 4.69) is 33.1 Å². The second-order valence-electron chi connectivity index (χ2n) is 17.9. The monoisotopic (exact) mass is 978 g/mol. The highest BCUT2D eigenvalue weighted by Crippen LogP contribution is 2.46. The lowest BCUT2D eigenvalue weighted by molar-refractivity contribution is -0.138. The molecule has 2 aliphatic heterocycles. The van der Waals surface area contributed by atoms with Crippen LogP contribution in [0.1, 0.15) is 91.9 Å². The average molecular weight is 979 g/mol. The van der Waals surface area contributed by atoms with Gasteiger partial charge in [-0.2, -0.15) is 0 Å². The number of aliphatic carboxylic acids is 2. The Labute approximate surface area is 403 Å². The Morgan fingerprint density at radius 3 is 1.25 bits per heavy atom. The lowest BCUT2D eigenvalue weighted by Gasteiger charge is -2.36. The molecule has 4 N–H and O–H groups in total. The van der Waals surface area contributed by atoms with E-state index in [9.17, 15) is 26.4 Å². The summed E-state index contributed by atoms with van der Waals surface area (Å²) in [5.74, 6) is -1.29. The second kappa shape index (κ2) is 23.2. The zero-order chi connectivity index (χ0) is 49.9. The second-order valence-corrected chi connectivity index (χ2v) is 21.2. The first kappa shape index (κ1) is 53.4. The van der Waals surface area contributed by atoms with Crippen molar-refractivity contribution in [2.45, 2.75) is 113 Å². The number of carboxylic acid groups (broad SMARTS) is 2. The Bertz CT molecular complexity index is 2390. The van der Waals surface area contributed by atoms with E-state index in [4.69, 9.17) is 19.7 Å². The van der Waals surface area contributed by atoms with Gasteiger partial charge in [-0.05, 0) is 62.1 Å². The van der Waals surface area contributed by atoms with Crippen LogP contribution in [0.25, 0.3) is 0 Å². The Morgan fingerprint density at radius 1 is 0.603 bits per heavy atom. The third kappa shape index (κ3) is 12.9. The number of carbonyl (C=O) groups is 2. The van der Waals surface area contributed by atoms with Crippen molar-refractivity contribution in [3.05, 3.63) is 84.9 Å². The predicted molar refractivity (Wildman–Crippen MR) is 270 cm³/mol. The molecule has 2 heterocycles. The molecule has 4 aromatic carbocycles. The van der Waals surface area contributed by atoms with Crippen molar-refractivity contribution in [1.82, 2.24) is 9.44 Å². The highest BCUT2D eigenvalue weighted by atomic mass is 32.2. The molecule has 0 spiro atoms. The van der Waals surface area contributed by atoms with E-state index in [-0.39, 0.29) is 35.8 Å². The van der Waals surface area contributed by atoms with Crippen LogP contribution < -0.4 is 38.5 Å². The van der Waals surface area contributed by atoms with Crippen LogP contribution in [0.4, 0.5) is 34.1 Å². The number of fused-ring (bicyclic) bond motifs is 2. The minimum Gasteiger partial charge on any atom is -0.491 e. The number of ether oxygens (including phenoxy) is 2. The van der Waals surface area contributed by atoms with Gasteiger partial charge in [0.05, 0.1) is 59.9 Å². The van der Waals surface area contributed by atoms with Crippen molar-refractivity contribution in [2.75, 3.05) is 74.1 Å². The van der Waals surface area contributed by atoms with Crippen molar-refractivity contribution in [2.24, 2.45) is 0 Å². The van der Waals surface area contributed by atoms with Crippen LogP contribution in [0.3, 0.4) is 0 Å². The molecular weight excluding hydrogens is 909 g/mol. The van der Waals surface area contributed by atoms with Gasteiger partial charge < -0.3 is 39.3 Å². The molecule has 0 aliphatic carbocycles. The molecule has 16 nitrogen and oxygen atoms in total. The number of carboxylic acids is 2. The number of anilines is 6. The van der Waals surface area contributed by atoms with Crippen LogP contribution in [0.2, 0.25) is 0 Å². The minimum absolute atomic E-state index is 0.0553. The Kier molecular flexibility index (Phi) is 18.2. The Balaban J connectivity index is 0.000000254. The quantitative estimate of drug-likeness (QED) is 0.0656. The summed E-state index contributed by atoms with van der Waals surface area (Å²) >= 11 is 0. The number of nitrogens with one attached hydrogen (secondary N) is 2. The third-order valence-electron chi connectivity index (χ3n) is 12.5. The van der Waals surface area contributed by atoms with E-state index in [1.54, 1.807) is 0 Å². The molecule has 68 heavy (non-hydrogen) atoms. The molecule has 0 fully saturated rings. The van der Waals surface area contributed by atoms with Crippen molar-refractivity contribution in [3.63, 3.8) is 0 Å². The van der Waals surface area contributed by atoms with Crippen LogP contribution in [-0.2, 0) is 29.6 Å². The first-order valence-electron chi connectivity index (χ1n) is 23.4. The van der Waals surface area contributed by atoms with Crippen molar-refractivity contribution < 1.29 is 46.1 Å². The first-order chi connectivity index (χ1) is 32.2. The van der Waals surface area contributed by atoms with E-state index in [1.807, 2.05) is 125 Å². The molecule has 372 valence electrons. The van der Waals surface area contributed by atoms with Gasteiger partial charge in [-0.3, -0.25) is 9.59 Å². The topological polar surface area (TPSA) is 198 Å². The van der Waals surface area contributed by atoms with E-state index >= 15 is 0 Å². The van der Waals surface area contributed by atoms with Crippen molar-refractivity contribution in [3.8, 4) is 11.5 Å². The first-order valence-corrected chi connectivity index (χ1v) is 26.3. The molecule has 0 saturated heterocycles. The van der Waals surface area contributed by atoms with Gasteiger partial charge in [0, 0.05) is 64.8 Å². The molecule has 0 saturated carbocycles. The van der Waals surface area contributed by atoms with Crippen LogP contribution in [0.15, 0.2) is 94.7 Å². The van der Waals surface area contributed by atoms with Gasteiger partial charge in [-0.25, -0.2) is 26.3 Å². The predicted octanol–water partition coefficient (Wildman–Crippen LogP) is 8.75. The average Bonchev–Trinajstić information content (AvgIpc) is 3.47. The van der Waals surface area contributed by atoms with E-state index in [1.165, 1.54) is 12.1 Å². The number of rotatable bonds is 20. The highest BCUT2D eigenvalue weighted by molar-refractivity contribution is 7.90. The van der Waals surface area contributed by atoms with Crippen LogP contribution in [0, 0.1) is 0 Å². The smallest absolute Gasteiger partial charge is 0.306 e. The van der Waals surface area contributed by atoms with Crippen LogP contribution in [-0.4, -0.2) is 105 Å². The molecule has 0 unspecified atom stereocenters. The van der Waals surface area contributed by atoms with Gasteiger partial charge in [-0.15, -0.1) is 0 Å². The fourth-order valence-corrected chi connectivity index (χ4v) is 12.0. The van der Waals surface area contributed by atoms with Crippen molar-refractivity contribution >= 4 is 66.1 Å². The number of hydrogen-bond acceptors (Lipinski definition) is 12. The molecule has 18 heteroatoms. The minimum atomic E-state index is -3.88. The molecular formula is C50H70N6O10S2. The number of nitrogens with zero attached hydrogens (tertiary/aromatic N) is 4. The molecule has 0 bridgehead atoms. The van der Waals surface area contributed by atoms with Gasteiger partial charge in [0.1, 0.15) is 21.3 Å². The standard InChI is InChI=1S/2C25H35N3O5S/c2*1-5-7-14-25(6-2)18-28(19-11-9-8-10-12-19)21-16-20(27(3)4)22(33-15-13-24(29)30)17-23(21)34(31,32)26-25/h2*8-12,16-17,26H,5-7,13-15,18H2,1-4H3,(H,29,30)/t2*25-/m10/s1. The Hall–Kier alpha value is -5.56. The van der Waals surface area contributed by atoms with Gasteiger partial charge in [0.2, 0.25) is 20.0 Å². The summed E-state index contributed by atoms with van der Waals surface area (Å²) in [7, 11) is -0.377. The van der Waals surface area contributed by atoms with Crippen molar-refractivity contribution in [1.29, 1.82) is 0 Å². The number of unbranched alkanes of at least 4 members (excludes halogenated alkanes) is 2. The summed E-state index contributed by atoms with van der Waals surface area (Å²) in [6.45, 7) is 9.11. The summed E-state index contributed by atoms with van der Waals surface area (Å²) in [5, 5.41) is 18.0. The summed E-state index contributed by atoms with van der Waals surface area (Å²) in [5.41, 5.74) is 3.04. The van der Waals surface area contributed by atoms with E-state index < -0.39 is 43.1 Å². The van der Waals surface area contributed by atoms with Gasteiger partial charge >= 0.3 is 11.9 Å². The maximum atomic E-state index is 13.7. The molecule has 0 aromatic heterocycles. The number of para-hydroxylation sites is 2. The lowest BCUT2D eigenvalue weighted by atomic mass is 9.89. The van der Waals surface area contributed by atoms with E-state index in [0.717, 1.165) is 49.9 Å². The summed E-state index contributed by atoms with van der Waals surface area (Å²) in [6.07, 6.45) is 6.12. The zero-order valence-electron chi connectivity index (χ0n) is 40.7. The molecule has 4 aromatic rings.